The van der Waals surface area contributed by atoms with Gasteiger partial charge in [-0.05, 0) is 35.9 Å². The number of hydrogen-bond donors (Lipinski definition) is 2. The van der Waals surface area contributed by atoms with Crippen LogP contribution < -0.4 is 0 Å². The summed E-state index contributed by atoms with van der Waals surface area (Å²) in [6, 6.07) is 10.0. The average molecular weight is 209 g/mol. The van der Waals surface area contributed by atoms with Gasteiger partial charge in [-0.2, -0.15) is 0 Å². The number of nitrogens with one attached hydrogen (secondary N) is 2. The summed E-state index contributed by atoms with van der Waals surface area (Å²) in [6.07, 6.45) is 7.84. The first-order valence-electron chi connectivity index (χ1n) is 5.17. The lowest BCUT2D eigenvalue weighted by molar-refractivity contribution is 1.29. The van der Waals surface area contributed by atoms with E-state index in [9.17, 15) is 0 Å². The second-order valence-electron chi connectivity index (χ2n) is 3.62. The topological polar surface area (TPSA) is 44.5 Å². The van der Waals surface area contributed by atoms with E-state index in [1.807, 2.05) is 54.9 Å². The van der Waals surface area contributed by atoms with Gasteiger partial charge in [0, 0.05) is 12.4 Å². The number of rotatable bonds is 2. The first kappa shape index (κ1) is 8.97. The standard InChI is InChI=1S/C13H11N3/c1-2-4-12-11(3-1)15-13(16-12)6-5-10-7-8-14-9-10/h1-9,14H,(H,15,16). The van der Waals surface area contributed by atoms with Gasteiger partial charge < -0.3 is 9.97 Å². The van der Waals surface area contributed by atoms with Crippen molar-refractivity contribution < 1.29 is 0 Å². The van der Waals surface area contributed by atoms with Crippen molar-refractivity contribution >= 4 is 23.2 Å². The Hall–Kier alpha value is -2.29. The van der Waals surface area contributed by atoms with E-state index in [-0.39, 0.29) is 0 Å². The number of nitrogens with zero attached hydrogens (tertiary/aromatic N) is 1. The number of aromatic nitrogens is 3. The molecule has 3 rings (SSSR count). The van der Waals surface area contributed by atoms with Crippen molar-refractivity contribution in [1.29, 1.82) is 0 Å². The number of aromatic amines is 2. The molecule has 78 valence electrons. The lowest BCUT2D eigenvalue weighted by Crippen LogP contribution is -1.72. The SMILES string of the molecule is C(=Cc1nc2ccccc2[nH]1)c1cc[nH]c1. The van der Waals surface area contributed by atoms with Gasteiger partial charge in [-0.1, -0.05) is 12.1 Å². The van der Waals surface area contributed by atoms with Crippen LogP contribution in [-0.4, -0.2) is 15.0 Å². The summed E-state index contributed by atoms with van der Waals surface area (Å²) >= 11 is 0. The average Bonchev–Trinajstić information content (AvgIpc) is 2.95. The van der Waals surface area contributed by atoms with Gasteiger partial charge in [-0.25, -0.2) is 4.98 Å². The maximum Gasteiger partial charge on any atom is 0.131 e. The second-order valence-corrected chi connectivity index (χ2v) is 3.62. The predicted molar refractivity (Wildman–Crippen MR) is 65.8 cm³/mol. The molecule has 0 radical (unpaired) electrons. The maximum atomic E-state index is 4.46. The Balaban J connectivity index is 1.95. The first-order valence-corrected chi connectivity index (χ1v) is 5.17. The van der Waals surface area contributed by atoms with E-state index < -0.39 is 0 Å². The number of hydrogen-bond acceptors (Lipinski definition) is 1. The quantitative estimate of drug-likeness (QED) is 0.669. The van der Waals surface area contributed by atoms with Crippen LogP contribution in [0.1, 0.15) is 11.4 Å². The lowest BCUT2D eigenvalue weighted by Gasteiger charge is -1.83. The third-order valence-corrected chi connectivity index (χ3v) is 2.46. The van der Waals surface area contributed by atoms with Gasteiger partial charge in [0.05, 0.1) is 11.0 Å². The molecule has 0 saturated heterocycles. The van der Waals surface area contributed by atoms with Crippen molar-refractivity contribution in [3.05, 3.63) is 54.1 Å². The van der Waals surface area contributed by atoms with Crippen molar-refractivity contribution in [3.8, 4) is 0 Å². The van der Waals surface area contributed by atoms with Gasteiger partial charge in [-0.3, -0.25) is 0 Å². The van der Waals surface area contributed by atoms with Gasteiger partial charge in [0.25, 0.3) is 0 Å². The molecule has 0 fully saturated rings. The largest absolute Gasteiger partial charge is 0.367 e. The molecule has 0 atom stereocenters. The molecule has 3 aromatic rings. The molecule has 3 nitrogen and oxygen atoms in total. The third kappa shape index (κ3) is 1.63. The van der Waals surface area contributed by atoms with Crippen molar-refractivity contribution in [3.63, 3.8) is 0 Å². The highest BCUT2D eigenvalue weighted by Gasteiger charge is 1.97. The van der Waals surface area contributed by atoms with Crippen LogP contribution in [0.5, 0.6) is 0 Å². The zero-order valence-corrected chi connectivity index (χ0v) is 8.64. The predicted octanol–water partition coefficient (Wildman–Crippen LogP) is 3.06. The van der Waals surface area contributed by atoms with Gasteiger partial charge in [0.1, 0.15) is 5.82 Å². The summed E-state index contributed by atoms with van der Waals surface area (Å²) in [7, 11) is 0. The molecule has 0 spiro atoms. The highest BCUT2D eigenvalue weighted by Crippen LogP contribution is 2.12. The van der Waals surface area contributed by atoms with Crippen LogP contribution in [-0.2, 0) is 0 Å². The van der Waals surface area contributed by atoms with Crippen molar-refractivity contribution in [2.45, 2.75) is 0 Å². The maximum absolute atomic E-state index is 4.46. The number of para-hydroxylation sites is 2. The molecule has 2 aromatic heterocycles. The summed E-state index contributed by atoms with van der Waals surface area (Å²) in [5.41, 5.74) is 3.20. The molecule has 0 aliphatic rings. The molecule has 3 heteroatoms. The molecule has 0 saturated carbocycles. The van der Waals surface area contributed by atoms with Crippen LogP contribution in [0.15, 0.2) is 42.7 Å². The molecule has 0 bridgehead atoms. The van der Waals surface area contributed by atoms with E-state index >= 15 is 0 Å². The monoisotopic (exact) mass is 209 g/mol. The molecule has 1 aromatic carbocycles. The Morgan fingerprint density at radius 2 is 2.00 bits per heavy atom. The molecule has 0 aliphatic heterocycles. The van der Waals surface area contributed by atoms with Crippen LogP contribution in [0.2, 0.25) is 0 Å². The van der Waals surface area contributed by atoms with Crippen LogP contribution in [0, 0.1) is 0 Å². The number of fused-ring (bicyclic) bond motifs is 1. The zero-order chi connectivity index (χ0) is 10.8. The van der Waals surface area contributed by atoms with Crippen molar-refractivity contribution in [1.82, 2.24) is 15.0 Å². The minimum Gasteiger partial charge on any atom is -0.367 e. The van der Waals surface area contributed by atoms with Crippen molar-refractivity contribution in [2.75, 3.05) is 0 Å². The minimum atomic E-state index is 0.877. The van der Waals surface area contributed by atoms with Gasteiger partial charge in [0.2, 0.25) is 0 Å². The van der Waals surface area contributed by atoms with Gasteiger partial charge >= 0.3 is 0 Å². The third-order valence-electron chi connectivity index (χ3n) is 2.46. The van der Waals surface area contributed by atoms with Crippen molar-refractivity contribution in [2.24, 2.45) is 0 Å². The Morgan fingerprint density at radius 3 is 2.81 bits per heavy atom. The molecular formula is C13H11N3. The zero-order valence-electron chi connectivity index (χ0n) is 8.64. The second kappa shape index (κ2) is 3.70. The molecule has 16 heavy (non-hydrogen) atoms. The first-order chi connectivity index (χ1) is 7.92. The Morgan fingerprint density at radius 1 is 1.06 bits per heavy atom. The van der Waals surface area contributed by atoms with E-state index in [0.29, 0.717) is 0 Å². The fraction of sp³-hybridized carbons (Fsp3) is 0. The molecule has 2 N–H and O–H groups in total. The molecule has 0 aliphatic carbocycles. The number of H-pyrrole nitrogens is 2. The van der Waals surface area contributed by atoms with Crippen LogP contribution in [0.4, 0.5) is 0 Å². The van der Waals surface area contributed by atoms with Crippen LogP contribution >= 0.6 is 0 Å². The fourth-order valence-corrected chi connectivity index (χ4v) is 1.67. The number of benzene rings is 1. The smallest absolute Gasteiger partial charge is 0.131 e. The van der Waals surface area contributed by atoms with Crippen LogP contribution in [0.3, 0.4) is 0 Å². The highest BCUT2D eigenvalue weighted by molar-refractivity contribution is 5.78. The lowest BCUT2D eigenvalue weighted by atomic mass is 10.3. The van der Waals surface area contributed by atoms with E-state index in [4.69, 9.17) is 0 Å². The molecular weight excluding hydrogens is 198 g/mol. The summed E-state index contributed by atoms with van der Waals surface area (Å²) in [6.45, 7) is 0. The molecule has 0 amide bonds. The summed E-state index contributed by atoms with van der Waals surface area (Å²) < 4.78 is 0. The summed E-state index contributed by atoms with van der Waals surface area (Å²) in [4.78, 5) is 10.7. The summed E-state index contributed by atoms with van der Waals surface area (Å²) in [5.74, 6) is 0.877. The fourth-order valence-electron chi connectivity index (χ4n) is 1.67. The molecule has 0 unspecified atom stereocenters. The van der Waals surface area contributed by atoms with E-state index in [1.165, 1.54) is 0 Å². The summed E-state index contributed by atoms with van der Waals surface area (Å²) in [5, 5.41) is 0. The Kier molecular flexibility index (Phi) is 2.07. The highest BCUT2D eigenvalue weighted by atomic mass is 14.9. The van der Waals surface area contributed by atoms with E-state index in [1.54, 1.807) is 0 Å². The number of imidazole rings is 1. The molecule has 2 heterocycles. The Bertz CT molecular complexity index is 584. The van der Waals surface area contributed by atoms with Gasteiger partial charge in [0.15, 0.2) is 0 Å². The normalized spacial score (nSPS) is 11.5. The Labute approximate surface area is 92.8 Å². The van der Waals surface area contributed by atoms with Crippen LogP contribution in [0.25, 0.3) is 23.2 Å². The van der Waals surface area contributed by atoms with E-state index in [0.717, 1.165) is 22.4 Å². The van der Waals surface area contributed by atoms with E-state index in [2.05, 4.69) is 15.0 Å². The van der Waals surface area contributed by atoms with Gasteiger partial charge in [-0.15, -0.1) is 0 Å². The minimum absolute atomic E-state index is 0.877.